The van der Waals surface area contributed by atoms with Gasteiger partial charge in [-0.3, -0.25) is 14.4 Å². The molecule has 1 N–H and O–H groups in total. The van der Waals surface area contributed by atoms with Crippen molar-refractivity contribution in [3.63, 3.8) is 0 Å². The topological polar surface area (TPSA) is 95.9 Å². The standard InChI is InChI=1S/C25H24F2N2O6/c1-15-12-20(16(2)29(15)17-8-10-18(11-9-17)35-25(26)27)21(30)14-34-23(31)13-28-24(32)19-6-4-5-7-22(19)33-3/h4-12,25H,13-14H2,1-3H3,(H,28,32). The Morgan fingerprint density at radius 2 is 1.69 bits per heavy atom. The summed E-state index contributed by atoms with van der Waals surface area (Å²) in [7, 11) is 1.43. The molecule has 0 unspecified atom stereocenters. The maximum Gasteiger partial charge on any atom is 0.387 e. The lowest BCUT2D eigenvalue weighted by Gasteiger charge is -2.11. The number of nitrogens with one attached hydrogen (secondary N) is 1. The molecule has 1 amide bonds. The van der Waals surface area contributed by atoms with E-state index in [1.807, 2.05) is 0 Å². The van der Waals surface area contributed by atoms with Crippen molar-refractivity contribution in [2.45, 2.75) is 20.5 Å². The van der Waals surface area contributed by atoms with E-state index in [2.05, 4.69) is 10.1 Å². The number of nitrogens with zero attached hydrogens (tertiary/aromatic N) is 1. The van der Waals surface area contributed by atoms with Crippen molar-refractivity contribution in [3.05, 3.63) is 77.1 Å². The lowest BCUT2D eigenvalue weighted by molar-refractivity contribution is -0.141. The summed E-state index contributed by atoms with van der Waals surface area (Å²) in [6.45, 7) is -0.339. The molecule has 0 radical (unpaired) electrons. The SMILES string of the molecule is COc1ccccc1C(=O)NCC(=O)OCC(=O)c1cc(C)n(-c2ccc(OC(F)F)cc2)c1C. The van der Waals surface area contributed by atoms with Crippen LogP contribution in [-0.2, 0) is 9.53 Å². The highest BCUT2D eigenvalue weighted by molar-refractivity contribution is 6.00. The molecule has 1 heterocycles. The van der Waals surface area contributed by atoms with Gasteiger partial charge in [-0.05, 0) is 56.3 Å². The minimum absolute atomic E-state index is 0.0206. The number of alkyl halides is 2. The second-order valence-electron chi connectivity index (χ2n) is 7.46. The number of benzene rings is 2. The number of ether oxygens (including phenoxy) is 3. The summed E-state index contributed by atoms with van der Waals surface area (Å²) < 4.78 is 41.0. The average Bonchev–Trinajstić information content (AvgIpc) is 3.14. The molecule has 8 nitrogen and oxygen atoms in total. The first-order chi connectivity index (χ1) is 16.7. The summed E-state index contributed by atoms with van der Waals surface area (Å²) in [5.74, 6) is -1.33. The van der Waals surface area contributed by atoms with Crippen LogP contribution in [0, 0.1) is 13.8 Å². The molecule has 0 saturated carbocycles. The van der Waals surface area contributed by atoms with Crippen molar-refractivity contribution in [2.75, 3.05) is 20.3 Å². The summed E-state index contributed by atoms with van der Waals surface area (Å²) in [4.78, 5) is 37.0. The second kappa shape index (κ2) is 11.3. The van der Waals surface area contributed by atoms with Crippen LogP contribution in [0.15, 0.2) is 54.6 Å². The highest BCUT2D eigenvalue weighted by atomic mass is 19.3. The van der Waals surface area contributed by atoms with Crippen molar-refractivity contribution in [2.24, 2.45) is 0 Å². The van der Waals surface area contributed by atoms with Gasteiger partial charge in [-0.15, -0.1) is 0 Å². The minimum Gasteiger partial charge on any atom is -0.496 e. The summed E-state index contributed by atoms with van der Waals surface area (Å²) in [5, 5.41) is 2.43. The molecule has 0 bridgehead atoms. The van der Waals surface area contributed by atoms with Gasteiger partial charge in [0.15, 0.2) is 6.61 Å². The molecule has 184 valence electrons. The van der Waals surface area contributed by atoms with Crippen LogP contribution < -0.4 is 14.8 Å². The zero-order valence-corrected chi connectivity index (χ0v) is 19.3. The molecule has 0 saturated heterocycles. The first-order valence-electron chi connectivity index (χ1n) is 10.6. The molecule has 0 spiro atoms. The first kappa shape index (κ1) is 25.4. The van der Waals surface area contributed by atoms with Gasteiger partial charge in [0.05, 0.1) is 12.7 Å². The van der Waals surface area contributed by atoms with Gasteiger partial charge < -0.3 is 24.1 Å². The monoisotopic (exact) mass is 486 g/mol. The van der Waals surface area contributed by atoms with E-state index >= 15 is 0 Å². The van der Waals surface area contributed by atoms with Gasteiger partial charge in [-0.2, -0.15) is 8.78 Å². The van der Waals surface area contributed by atoms with Crippen LogP contribution in [0.1, 0.15) is 32.1 Å². The average molecular weight is 486 g/mol. The van der Waals surface area contributed by atoms with Gasteiger partial charge >= 0.3 is 12.6 Å². The van der Waals surface area contributed by atoms with E-state index in [0.29, 0.717) is 22.7 Å². The number of methoxy groups -OCH3 is 1. The van der Waals surface area contributed by atoms with Crippen molar-refractivity contribution < 1.29 is 37.4 Å². The fraction of sp³-hybridized carbons (Fsp3) is 0.240. The van der Waals surface area contributed by atoms with Crippen molar-refractivity contribution in [1.82, 2.24) is 9.88 Å². The molecular weight excluding hydrogens is 462 g/mol. The maximum absolute atomic E-state index is 12.7. The van der Waals surface area contributed by atoms with Gasteiger partial charge in [-0.25, -0.2) is 0 Å². The molecule has 0 aliphatic rings. The summed E-state index contributed by atoms with van der Waals surface area (Å²) in [6.07, 6.45) is 0. The third-order valence-corrected chi connectivity index (χ3v) is 5.16. The molecule has 10 heteroatoms. The highest BCUT2D eigenvalue weighted by Crippen LogP contribution is 2.24. The van der Waals surface area contributed by atoms with E-state index in [4.69, 9.17) is 9.47 Å². The number of para-hydroxylation sites is 1. The number of carbonyl (C=O) groups excluding carboxylic acids is 3. The van der Waals surface area contributed by atoms with Gasteiger partial charge in [0, 0.05) is 22.6 Å². The van der Waals surface area contributed by atoms with Crippen molar-refractivity contribution in [3.8, 4) is 17.2 Å². The molecule has 0 aliphatic carbocycles. The predicted molar refractivity (Wildman–Crippen MR) is 122 cm³/mol. The Balaban J connectivity index is 1.59. The van der Waals surface area contributed by atoms with E-state index in [0.717, 1.165) is 5.69 Å². The fourth-order valence-electron chi connectivity index (χ4n) is 3.57. The Kier molecular flexibility index (Phi) is 8.19. The minimum atomic E-state index is -2.92. The number of ketones is 1. The van der Waals surface area contributed by atoms with Gasteiger partial charge in [-0.1, -0.05) is 12.1 Å². The second-order valence-corrected chi connectivity index (χ2v) is 7.46. The van der Waals surface area contributed by atoms with Crippen molar-refractivity contribution in [1.29, 1.82) is 0 Å². The highest BCUT2D eigenvalue weighted by Gasteiger charge is 2.19. The number of hydrogen-bond donors (Lipinski definition) is 1. The van der Waals surface area contributed by atoms with E-state index in [1.54, 1.807) is 60.9 Å². The summed E-state index contributed by atoms with van der Waals surface area (Å²) in [6, 6.07) is 14.2. The Morgan fingerprint density at radius 1 is 1.00 bits per heavy atom. The third-order valence-electron chi connectivity index (χ3n) is 5.16. The quantitative estimate of drug-likeness (QED) is 0.345. The molecule has 0 atom stereocenters. The van der Waals surface area contributed by atoms with E-state index in [1.165, 1.54) is 19.2 Å². The molecular formula is C25H24F2N2O6. The zero-order chi connectivity index (χ0) is 25.5. The summed E-state index contributed by atoms with van der Waals surface area (Å²) in [5.41, 5.74) is 2.58. The molecule has 0 aliphatic heterocycles. The number of hydrogen-bond acceptors (Lipinski definition) is 6. The molecule has 1 aromatic heterocycles. The largest absolute Gasteiger partial charge is 0.496 e. The van der Waals surface area contributed by atoms with Crippen LogP contribution >= 0.6 is 0 Å². The number of esters is 1. The summed E-state index contributed by atoms with van der Waals surface area (Å²) >= 11 is 0. The van der Waals surface area contributed by atoms with Gasteiger partial charge in [0.1, 0.15) is 18.0 Å². The number of aryl methyl sites for hydroxylation is 1. The van der Waals surface area contributed by atoms with Gasteiger partial charge in [0.2, 0.25) is 5.78 Å². The van der Waals surface area contributed by atoms with Gasteiger partial charge in [0.25, 0.3) is 5.91 Å². The molecule has 0 fully saturated rings. The van der Waals surface area contributed by atoms with Crippen LogP contribution in [0.3, 0.4) is 0 Å². The lowest BCUT2D eigenvalue weighted by Crippen LogP contribution is -2.31. The van der Waals surface area contributed by atoms with E-state index in [9.17, 15) is 23.2 Å². The number of aromatic nitrogens is 1. The van der Waals surface area contributed by atoms with Crippen LogP contribution in [0.25, 0.3) is 5.69 Å². The molecule has 35 heavy (non-hydrogen) atoms. The Hall–Kier alpha value is -4.21. The number of amides is 1. The number of rotatable bonds is 10. The Bertz CT molecular complexity index is 1220. The number of carbonyl (C=O) groups is 3. The lowest BCUT2D eigenvalue weighted by atomic mass is 10.1. The fourth-order valence-corrected chi connectivity index (χ4v) is 3.57. The predicted octanol–water partition coefficient (Wildman–Crippen LogP) is 3.86. The normalized spacial score (nSPS) is 10.7. The van der Waals surface area contributed by atoms with Crippen molar-refractivity contribution >= 4 is 17.7 Å². The first-order valence-corrected chi connectivity index (χ1v) is 10.6. The van der Waals surface area contributed by atoms with Crippen LogP contribution in [0.5, 0.6) is 11.5 Å². The van der Waals surface area contributed by atoms with E-state index in [-0.39, 0.29) is 11.3 Å². The Labute approximate surface area is 200 Å². The zero-order valence-electron chi connectivity index (χ0n) is 19.3. The van der Waals surface area contributed by atoms with E-state index < -0.39 is 37.4 Å². The molecule has 2 aromatic carbocycles. The van der Waals surface area contributed by atoms with Crippen LogP contribution in [0.4, 0.5) is 8.78 Å². The number of halogens is 2. The third kappa shape index (κ3) is 6.23. The molecule has 3 rings (SSSR count). The van der Waals surface area contributed by atoms with Crippen LogP contribution in [0.2, 0.25) is 0 Å². The molecule has 3 aromatic rings. The number of Topliss-reactive ketones (excluding diaryl/α,β-unsaturated/α-hetero) is 1. The Morgan fingerprint density at radius 3 is 2.34 bits per heavy atom. The smallest absolute Gasteiger partial charge is 0.387 e. The van der Waals surface area contributed by atoms with Crippen LogP contribution in [-0.4, -0.2) is 49.1 Å². The maximum atomic E-state index is 12.7.